The molecule has 0 bridgehead atoms. The van der Waals surface area contributed by atoms with Crippen LogP contribution in [-0.2, 0) is 6.42 Å². The summed E-state index contributed by atoms with van der Waals surface area (Å²) >= 11 is 0. The predicted molar refractivity (Wildman–Crippen MR) is 220 cm³/mol. The van der Waals surface area contributed by atoms with Crippen molar-refractivity contribution in [2.24, 2.45) is 0 Å². The summed E-state index contributed by atoms with van der Waals surface area (Å²) in [6.45, 7) is 4.47. The van der Waals surface area contributed by atoms with Gasteiger partial charge in [0.15, 0.2) is 0 Å². The highest BCUT2D eigenvalue weighted by Gasteiger charge is 2.17. The Bertz CT molecular complexity index is 2780. The maximum Gasteiger partial charge on any atom is 0.0963 e. The fourth-order valence-electron chi connectivity index (χ4n) is 8.09. The molecule has 6 aromatic carbocycles. The first kappa shape index (κ1) is 31.0. The monoisotopic (exact) mass is 680 g/mol. The molecule has 53 heavy (non-hydrogen) atoms. The Morgan fingerprint density at radius 3 is 1.28 bits per heavy atom. The maximum atomic E-state index is 4.85. The van der Waals surface area contributed by atoms with E-state index in [1.54, 1.807) is 0 Å². The summed E-state index contributed by atoms with van der Waals surface area (Å²) in [4.78, 5) is 9.69. The van der Waals surface area contributed by atoms with Gasteiger partial charge in [-0.15, -0.1) is 0 Å². The SMILES string of the molecule is Cc1cc(-n2c3ccc(-c4ccccc4)cc3c3ncccc32)ccc1Cc1ccc(-n2c3ccc(-c4ccccc4)cc3c3ncccc32)cc1C. The average Bonchev–Trinajstić information content (AvgIpc) is 3.72. The van der Waals surface area contributed by atoms with Gasteiger partial charge in [-0.2, -0.15) is 0 Å². The van der Waals surface area contributed by atoms with Gasteiger partial charge in [0, 0.05) is 34.5 Å². The third kappa shape index (κ3) is 5.22. The van der Waals surface area contributed by atoms with Crippen LogP contribution in [0.4, 0.5) is 0 Å². The molecule has 0 amide bonds. The lowest BCUT2D eigenvalue weighted by Crippen LogP contribution is -2.00. The molecule has 0 saturated carbocycles. The van der Waals surface area contributed by atoms with E-state index < -0.39 is 0 Å². The quantitative estimate of drug-likeness (QED) is 0.175. The molecule has 0 atom stereocenters. The fourth-order valence-corrected chi connectivity index (χ4v) is 8.09. The van der Waals surface area contributed by atoms with Crippen molar-refractivity contribution in [3.8, 4) is 33.6 Å². The number of nitrogens with zero attached hydrogens (tertiary/aromatic N) is 4. The summed E-state index contributed by atoms with van der Waals surface area (Å²) in [5, 5.41) is 2.32. The molecule has 0 aliphatic heterocycles. The lowest BCUT2D eigenvalue weighted by atomic mass is 9.96. The van der Waals surface area contributed by atoms with Crippen LogP contribution >= 0.6 is 0 Å². The first-order chi connectivity index (χ1) is 26.1. The molecule has 4 heteroatoms. The van der Waals surface area contributed by atoms with Crippen LogP contribution in [0.5, 0.6) is 0 Å². The minimum absolute atomic E-state index is 0.864. The molecule has 252 valence electrons. The van der Waals surface area contributed by atoms with Crippen molar-refractivity contribution in [2.75, 3.05) is 0 Å². The van der Waals surface area contributed by atoms with Crippen LogP contribution in [0.2, 0.25) is 0 Å². The summed E-state index contributed by atoms with van der Waals surface area (Å²) in [5.41, 5.74) is 18.9. The molecule has 10 aromatic rings. The van der Waals surface area contributed by atoms with Crippen molar-refractivity contribution >= 4 is 43.9 Å². The molecule has 0 aliphatic carbocycles. The van der Waals surface area contributed by atoms with E-state index in [9.17, 15) is 0 Å². The minimum atomic E-state index is 0.864. The van der Waals surface area contributed by atoms with Crippen LogP contribution < -0.4 is 0 Å². The van der Waals surface area contributed by atoms with Crippen molar-refractivity contribution in [2.45, 2.75) is 20.3 Å². The Balaban J connectivity index is 0.994. The summed E-state index contributed by atoms with van der Waals surface area (Å²) in [6.07, 6.45) is 4.65. The minimum Gasteiger partial charge on any atom is -0.308 e. The topological polar surface area (TPSA) is 35.6 Å². The maximum absolute atomic E-state index is 4.85. The summed E-state index contributed by atoms with van der Waals surface area (Å²) in [5.74, 6) is 0. The highest BCUT2D eigenvalue weighted by atomic mass is 15.0. The van der Waals surface area contributed by atoms with Crippen LogP contribution in [0.3, 0.4) is 0 Å². The molecule has 0 radical (unpaired) electrons. The number of hydrogen-bond donors (Lipinski definition) is 0. The second-order valence-electron chi connectivity index (χ2n) is 14.0. The van der Waals surface area contributed by atoms with E-state index in [0.29, 0.717) is 0 Å². The molecule has 0 saturated heterocycles. The zero-order chi connectivity index (χ0) is 35.5. The number of benzene rings is 6. The second-order valence-corrected chi connectivity index (χ2v) is 14.0. The molecule has 4 aromatic heterocycles. The van der Waals surface area contributed by atoms with Gasteiger partial charge in [-0.25, -0.2) is 0 Å². The average molecular weight is 681 g/mol. The number of pyridine rings is 2. The van der Waals surface area contributed by atoms with E-state index in [2.05, 4.69) is 169 Å². The Morgan fingerprint density at radius 1 is 0.396 bits per heavy atom. The van der Waals surface area contributed by atoms with E-state index in [1.807, 2.05) is 24.5 Å². The molecule has 4 heterocycles. The lowest BCUT2D eigenvalue weighted by Gasteiger charge is -2.15. The van der Waals surface area contributed by atoms with Gasteiger partial charge >= 0.3 is 0 Å². The number of hydrogen-bond acceptors (Lipinski definition) is 2. The summed E-state index contributed by atoms with van der Waals surface area (Å²) in [7, 11) is 0. The molecule has 0 N–H and O–H groups in total. The van der Waals surface area contributed by atoms with E-state index in [0.717, 1.165) is 61.7 Å². The molecule has 4 nitrogen and oxygen atoms in total. The molecule has 0 fully saturated rings. The Labute approximate surface area is 308 Å². The van der Waals surface area contributed by atoms with Gasteiger partial charge < -0.3 is 9.13 Å². The lowest BCUT2D eigenvalue weighted by molar-refractivity contribution is 1.09. The van der Waals surface area contributed by atoms with Gasteiger partial charge in [0.2, 0.25) is 0 Å². The third-order valence-electron chi connectivity index (χ3n) is 10.8. The smallest absolute Gasteiger partial charge is 0.0963 e. The van der Waals surface area contributed by atoms with Gasteiger partial charge in [0.05, 0.1) is 33.1 Å². The number of fused-ring (bicyclic) bond motifs is 6. The van der Waals surface area contributed by atoms with E-state index in [1.165, 1.54) is 44.5 Å². The highest BCUT2D eigenvalue weighted by Crippen LogP contribution is 2.36. The first-order valence-electron chi connectivity index (χ1n) is 18.2. The van der Waals surface area contributed by atoms with Crippen molar-refractivity contribution in [1.29, 1.82) is 0 Å². The van der Waals surface area contributed by atoms with Crippen LogP contribution in [0.25, 0.3) is 77.5 Å². The number of rotatable bonds is 6. The first-order valence-corrected chi connectivity index (χ1v) is 18.2. The zero-order valence-electron chi connectivity index (χ0n) is 29.7. The van der Waals surface area contributed by atoms with Crippen molar-refractivity contribution in [1.82, 2.24) is 19.1 Å². The van der Waals surface area contributed by atoms with Crippen LogP contribution in [0.15, 0.2) is 170 Å². The van der Waals surface area contributed by atoms with Crippen LogP contribution in [0, 0.1) is 13.8 Å². The second kappa shape index (κ2) is 12.5. The summed E-state index contributed by atoms with van der Waals surface area (Å²) in [6, 6.07) is 56.8. The highest BCUT2D eigenvalue weighted by molar-refractivity contribution is 6.09. The molecule has 10 rings (SSSR count). The molecule has 0 spiro atoms. The normalized spacial score (nSPS) is 11.7. The standard InChI is InChI=1S/C49H36N4/c1-32-27-40(52-44-23-19-38(34-11-5-3-6-12-34)30-42(44)48-46(52)15-9-25-50-48)21-17-36(32)29-37-18-22-41(28-33(37)2)53-45-24-20-39(35-13-7-4-8-14-35)31-43(45)49-47(53)16-10-26-51-49/h3-28,30-31H,29H2,1-2H3. The molecule has 0 aliphatic rings. The molecular formula is C49H36N4. The predicted octanol–water partition coefficient (Wildman–Crippen LogP) is 12.2. The Kier molecular flexibility index (Phi) is 7.29. The fraction of sp³-hybridized carbons (Fsp3) is 0.0612. The summed E-state index contributed by atoms with van der Waals surface area (Å²) < 4.78 is 4.71. The zero-order valence-corrected chi connectivity index (χ0v) is 29.7. The van der Waals surface area contributed by atoms with Gasteiger partial charge in [0.25, 0.3) is 0 Å². The number of aromatic nitrogens is 4. The van der Waals surface area contributed by atoms with E-state index in [-0.39, 0.29) is 0 Å². The van der Waals surface area contributed by atoms with Crippen molar-refractivity contribution < 1.29 is 0 Å². The van der Waals surface area contributed by atoms with Crippen LogP contribution in [0.1, 0.15) is 22.3 Å². The van der Waals surface area contributed by atoms with Crippen molar-refractivity contribution in [3.05, 3.63) is 192 Å². The van der Waals surface area contributed by atoms with Gasteiger partial charge in [0.1, 0.15) is 0 Å². The Morgan fingerprint density at radius 2 is 0.849 bits per heavy atom. The third-order valence-corrected chi connectivity index (χ3v) is 10.8. The molecular weight excluding hydrogens is 645 g/mol. The van der Waals surface area contributed by atoms with Crippen LogP contribution in [-0.4, -0.2) is 19.1 Å². The number of aryl methyl sites for hydroxylation is 2. The van der Waals surface area contributed by atoms with Gasteiger partial charge in [-0.3, -0.25) is 9.97 Å². The van der Waals surface area contributed by atoms with Gasteiger partial charge in [-0.1, -0.05) is 84.9 Å². The molecule has 0 unspecified atom stereocenters. The largest absolute Gasteiger partial charge is 0.308 e. The van der Waals surface area contributed by atoms with E-state index in [4.69, 9.17) is 9.97 Å². The Hall–Kier alpha value is -6.78. The van der Waals surface area contributed by atoms with Crippen molar-refractivity contribution in [3.63, 3.8) is 0 Å². The van der Waals surface area contributed by atoms with E-state index >= 15 is 0 Å². The van der Waals surface area contributed by atoms with Gasteiger partial charge in [-0.05, 0) is 138 Å².